The number of carbonyl (C=O) groups is 2. The average molecular weight is 437 g/mol. The molecule has 5 nitrogen and oxygen atoms in total. The first kappa shape index (κ1) is 22.2. The van der Waals surface area contributed by atoms with Gasteiger partial charge < -0.3 is 14.5 Å². The van der Waals surface area contributed by atoms with Gasteiger partial charge in [0.05, 0.1) is 5.92 Å². The van der Waals surface area contributed by atoms with Crippen LogP contribution in [0.3, 0.4) is 0 Å². The van der Waals surface area contributed by atoms with Crippen LogP contribution in [0.2, 0.25) is 0 Å². The molecule has 4 rings (SSSR count). The Labute approximate surface area is 188 Å². The van der Waals surface area contributed by atoms with Crippen LogP contribution < -0.4 is 0 Å². The van der Waals surface area contributed by atoms with E-state index in [9.17, 15) is 14.0 Å². The molecule has 2 amide bonds. The second-order valence-corrected chi connectivity index (χ2v) is 8.47. The second-order valence-electron chi connectivity index (χ2n) is 8.47. The summed E-state index contributed by atoms with van der Waals surface area (Å²) in [5, 5.41) is 0. The lowest BCUT2D eigenvalue weighted by Crippen LogP contribution is -2.42. The molecule has 6 heteroatoms. The molecule has 2 atom stereocenters. The van der Waals surface area contributed by atoms with Gasteiger partial charge in [0.2, 0.25) is 5.91 Å². The Balaban J connectivity index is 1.55. The van der Waals surface area contributed by atoms with E-state index in [1.54, 1.807) is 28.0 Å². The summed E-state index contributed by atoms with van der Waals surface area (Å²) in [5.74, 6) is -0.584. The van der Waals surface area contributed by atoms with E-state index in [0.29, 0.717) is 39.2 Å². The van der Waals surface area contributed by atoms with Crippen LogP contribution in [0, 0.1) is 11.7 Å². The van der Waals surface area contributed by atoms with Crippen LogP contribution in [-0.2, 0) is 20.7 Å². The molecule has 2 aliphatic heterocycles. The standard InChI is InChI=1S/C26H29FN2O3/c1-2-12-28-13-14-29(26(31)24-7-4-15-32-24)18-22(25(28)30)17-19-5-3-6-21(16-19)20-8-10-23(27)11-9-20/h2-3,5-6,8-11,16,22,24H,1,4,7,12-15,17-18H2/t22-,24+/m0/s1. The molecule has 0 saturated carbocycles. The van der Waals surface area contributed by atoms with Gasteiger partial charge in [-0.05, 0) is 48.1 Å². The van der Waals surface area contributed by atoms with Crippen molar-refractivity contribution in [3.05, 3.63) is 72.6 Å². The van der Waals surface area contributed by atoms with Crippen molar-refractivity contribution in [1.29, 1.82) is 0 Å². The molecular formula is C26H29FN2O3. The van der Waals surface area contributed by atoms with Crippen LogP contribution in [-0.4, -0.2) is 60.5 Å². The van der Waals surface area contributed by atoms with Gasteiger partial charge in [-0.3, -0.25) is 9.59 Å². The number of carbonyl (C=O) groups excluding carboxylic acids is 2. The summed E-state index contributed by atoms with van der Waals surface area (Å²) in [5.41, 5.74) is 2.90. The van der Waals surface area contributed by atoms with Crippen LogP contribution in [0.5, 0.6) is 0 Å². The topological polar surface area (TPSA) is 49.9 Å². The maximum Gasteiger partial charge on any atom is 0.251 e. The zero-order chi connectivity index (χ0) is 22.5. The van der Waals surface area contributed by atoms with E-state index in [2.05, 4.69) is 6.58 Å². The molecule has 2 heterocycles. The first-order valence-corrected chi connectivity index (χ1v) is 11.2. The maximum atomic E-state index is 13.3. The van der Waals surface area contributed by atoms with Crippen molar-refractivity contribution >= 4 is 11.8 Å². The minimum absolute atomic E-state index is 0.0131. The van der Waals surface area contributed by atoms with Crippen molar-refractivity contribution in [2.75, 3.05) is 32.8 Å². The Morgan fingerprint density at radius 3 is 2.69 bits per heavy atom. The molecule has 168 valence electrons. The Bertz CT molecular complexity index is 969. The summed E-state index contributed by atoms with van der Waals surface area (Å²) in [4.78, 5) is 29.9. The first-order valence-electron chi connectivity index (χ1n) is 11.2. The molecular weight excluding hydrogens is 407 g/mol. The van der Waals surface area contributed by atoms with E-state index in [1.165, 1.54) is 12.1 Å². The van der Waals surface area contributed by atoms with Gasteiger partial charge in [0.1, 0.15) is 11.9 Å². The Morgan fingerprint density at radius 1 is 1.16 bits per heavy atom. The highest BCUT2D eigenvalue weighted by Crippen LogP contribution is 2.25. The largest absolute Gasteiger partial charge is 0.368 e. The fourth-order valence-electron chi connectivity index (χ4n) is 4.52. The van der Waals surface area contributed by atoms with Gasteiger partial charge in [0.25, 0.3) is 5.91 Å². The first-order chi connectivity index (χ1) is 15.5. The minimum atomic E-state index is -0.390. The predicted octanol–water partition coefficient (Wildman–Crippen LogP) is 3.69. The van der Waals surface area contributed by atoms with Gasteiger partial charge in [0.15, 0.2) is 0 Å². The third-order valence-electron chi connectivity index (χ3n) is 6.19. The van der Waals surface area contributed by atoms with Gasteiger partial charge in [-0.1, -0.05) is 42.5 Å². The van der Waals surface area contributed by atoms with E-state index in [1.807, 2.05) is 24.3 Å². The van der Waals surface area contributed by atoms with Gasteiger partial charge in [0, 0.05) is 32.8 Å². The number of halogens is 1. The lowest BCUT2D eigenvalue weighted by atomic mass is 9.94. The molecule has 0 bridgehead atoms. The van der Waals surface area contributed by atoms with Crippen molar-refractivity contribution in [1.82, 2.24) is 9.80 Å². The third kappa shape index (κ3) is 5.07. The van der Waals surface area contributed by atoms with Crippen LogP contribution in [0.15, 0.2) is 61.2 Å². The van der Waals surface area contributed by atoms with Crippen molar-refractivity contribution in [2.45, 2.75) is 25.4 Å². The quantitative estimate of drug-likeness (QED) is 0.649. The highest BCUT2D eigenvalue weighted by molar-refractivity contribution is 5.84. The number of nitrogens with zero attached hydrogens (tertiary/aromatic N) is 2. The van der Waals surface area contributed by atoms with E-state index < -0.39 is 6.10 Å². The molecule has 32 heavy (non-hydrogen) atoms. The highest BCUT2D eigenvalue weighted by Gasteiger charge is 2.35. The predicted molar refractivity (Wildman–Crippen MR) is 121 cm³/mol. The minimum Gasteiger partial charge on any atom is -0.368 e. The van der Waals surface area contributed by atoms with Crippen LogP contribution in [0.1, 0.15) is 18.4 Å². The molecule has 2 saturated heterocycles. The average Bonchev–Trinajstić information content (AvgIpc) is 3.30. The van der Waals surface area contributed by atoms with E-state index in [4.69, 9.17) is 4.74 Å². The summed E-state index contributed by atoms with van der Waals surface area (Å²) >= 11 is 0. The summed E-state index contributed by atoms with van der Waals surface area (Å²) < 4.78 is 18.9. The number of hydrogen-bond donors (Lipinski definition) is 0. The van der Waals surface area contributed by atoms with Crippen molar-refractivity contribution in [3.8, 4) is 11.1 Å². The van der Waals surface area contributed by atoms with Gasteiger partial charge in [-0.15, -0.1) is 6.58 Å². The molecule has 0 aromatic heterocycles. The molecule has 2 aliphatic rings. The van der Waals surface area contributed by atoms with Crippen LogP contribution in [0.4, 0.5) is 4.39 Å². The molecule has 2 aromatic carbocycles. The Morgan fingerprint density at radius 2 is 1.97 bits per heavy atom. The number of amides is 2. The summed E-state index contributed by atoms with van der Waals surface area (Å²) in [7, 11) is 0. The SMILES string of the molecule is C=CCN1CCN(C(=O)[C@H]2CCCO2)C[C@H](Cc2cccc(-c3ccc(F)cc3)c2)C1=O. The van der Waals surface area contributed by atoms with Gasteiger partial charge in [-0.25, -0.2) is 4.39 Å². The molecule has 0 aliphatic carbocycles. The fraction of sp³-hybridized carbons (Fsp3) is 0.385. The number of benzene rings is 2. The summed E-state index contributed by atoms with van der Waals surface area (Å²) in [6, 6.07) is 14.3. The smallest absolute Gasteiger partial charge is 0.251 e. The van der Waals surface area contributed by atoms with Crippen LogP contribution >= 0.6 is 0 Å². The summed E-state index contributed by atoms with van der Waals surface area (Å²) in [6.45, 7) is 6.24. The zero-order valence-electron chi connectivity index (χ0n) is 18.2. The van der Waals surface area contributed by atoms with Gasteiger partial charge in [-0.2, -0.15) is 0 Å². The zero-order valence-corrected chi connectivity index (χ0v) is 18.2. The number of ether oxygens (including phenoxy) is 1. The fourth-order valence-corrected chi connectivity index (χ4v) is 4.52. The molecule has 0 radical (unpaired) electrons. The second kappa shape index (κ2) is 10.1. The van der Waals surface area contributed by atoms with Crippen molar-refractivity contribution in [2.24, 2.45) is 5.92 Å². The lowest BCUT2D eigenvalue weighted by molar-refractivity contribution is -0.141. The highest BCUT2D eigenvalue weighted by atomic mass is 19.1. The van der Waals surface area contributed by atoms with E-state index >= 15 is 0 Å². The maximum absolute atomic E-state index is 13.3. The Kier molecular flexibility index (Phi) is 7.00. The molecule has 2 aromatic rings. The third-order valence-corrected chi connectivity index (χ3v) is 6.19. The molecule has 0 spiro atoms. The van der Waals surface area contributed by atoms with Crippen molar-refractivity contribution < 1.29 is 18.7 Å². The monoisotopic (exact) mass is 436 g/mol. The van der Waals surface area contributed by atoms with Crippen molar-refractivity contribution in [3.63, 3.8) is 0 Å². The molecule has 0 unspecified atom stereocenters. The van der Waals surface area contributed by atoms with E-state index in [-0.39, 0.29) is 23.5 Å². The number of rotatable bonds is 6. The number of hydrogen-bond acceptors (Lipinski definition) is 3. The normalized spacial score (nSPS) is 21.5. The van der Waals surface area contributed by atoms with Crippen LogP contribution in [0.25, 0.3) is 11.1 Å². The Hall–Kier alpha value is -2.99. The van der Waals surface area contributed by atoms with Gasteiger partial charge >= 0.3 is 0 Å². The molecule has 0 N–H and O–H groups in total. The lowest BCUT2D eigenvalue weighted by Gasteiger charge is -2.25. The molecule has 2 fully saturated rings. The summed E-state index contributed by atoms with van der Waals surface area (Å²) in [6.07, 6.45) is 3.49. The van der Waals surface area contributed by atoms with E-state index in [0.717, 1.165) is 29.5 Å².